The van der Waals surface area contributed by atoms with Gasteiger partial charge in [0.1, 0.15) is 0 Å². The Morgan fingerprint density at radius 1 is 1.20 bits per heavy atom. The second kappa shape index (κ2) is 8.70. The highest BCUT2D eigenvalue weighted by atomic mass is 15.2. The number of nitrogens with one attached hydrogen (secondary N) is 2. The van der Waals surface area contributed by atoms with Gasteiger partial charge in [-0.15, -0.1) is 0 Å². The Morgan fingerprint density at radius 2 is 1.96 bits per heavy atom. The largest absolute Gasteiger partial charge is 0.354 e. The maximum atomic E-state index is 4.46. The van der Waals surface area contributed by atoms with Crippen molar-refractivity contribution < 1.29 is 0 Å². The van der Waals surface area contributed by atoms with E-state index in [0.29, 0.717) is 18.0 Å². The lowest BCUT2D eigenvalue weighted by Crippen LogP contribution is -2.49. The molecule has 2 atom stereocenters. The number of unbranched alkanes of at least 4 members (excludes halogenated alkanes) is 1. The third-order valence-corrected chi connectivity index (χ3v) is 5.68. The maximum Gasteiger partial charge on any atom is 0.191 e. The van der Waals surface area contributed by atoms with E-state index in [4.69, 9.17) is 0 Å². The molecule has 1 saturated heterocycles. The average Bonchev–Trinajstić information content (AvgIpc) is 3.39. The van der Waals surface area contributed by atoms with Crippen LogP contribution in [0.5, 0.6) is 0 Å². The van der Waals surface area contributed by atoms with Crippen molar-refractivity contribution in [1.82, 2.24) is 15.5 Å². The molecule has 4 nitrogen and oxygen atoms in total. The molecule has 1 aromatic rings. The van der Waals surface area contributed by atoms with Crippen LogP contribution in [0.1, 0.15) is 56.1 Å². The van der Waals surface area contributed by atoms with Gasteiger partial charge < -0.3 is 15.5 Å². The average molecular weight is 343 g/mol. The van der Waals surface area contributed by atoms with Crippen LogP contribution >= 0.6 is 0 Å². The zero-order valence-corrected chi connectivity index (χ0v) is 16.1. The highest BCUT2D eigenvalue weighted by molar-refractivity contribution is 5.80. The van der Waals surface area contributed by atoms with Crippen molar-refractivity contribution in [3.05, 3.63) is 35.4 Å². The van der Waals surface area contributed by atoms with Crippen molar-refractivity contribution in [2.45, 2.75) is 64.0 Å². The Hall–Kier alpha value is -1.55. The number of piperidine rings is 1. The molecule has 1 aliphatic heterocycles. The van der Waals surface area contributed by atoms with Crippen molar-refractivity contribution in [3.63, 3.8) is 0 Å². The lowest BCUT2D eigenvalue weighted by atomic mass is 10.0. The molecule has 0 bridgehead atoms. The first-order valence-corrected chi connectivity index (χ1v) is 9.99. The fourth-order valence-corrected chi connectivity index (χ4v) is 3.92. The van der Waals surface area contributed by atoms with Crippen molar-refractivity contribution >= 4 is 5.96 Å². The molecule has 1 aliphatic carbocycles. The van der Waals surface area contributed by atoms with Gasteiger partial charge in [-0.05, 0) is 50.3 Å². The van der Waals surface area contributed by atoms with E-state index in [9.17, 15) is 0 Å². The van der Waals surface area contributed by atoms with Crippen LogP contribution in [-0.4, -0.2) is 49.6 Å². The number of nitrogens with zero attached hydrogens (tertiary/aromatic N) is 2. The standard InChI is InChI=1S/C21H34N4/c1-4-5-12-25-13-10-17(11-14-25)23-21(22-3)24-20-15-19(20)18-9-7-6-8-16(18)2/h6-9,17,19-20H,4-5,10-15H2,1-3H3,(H2,22,23,24). The van der Waals surface area contributed by atoms with E-state index < -0.39 is 0 Å². The second-order valence-electron chi connectivity index (χ2n) is 7.64. The summed E-state index contributed by atoms with van der Waals surface area (Å²) >= 11 is 0. The van der Waals surface area contributed by atoms with Crippen LogP contribution in [0.25, 0.3) is 0 Å². The molecular formula is C21H34N4. The predicted molar refractivity (Wildman–Crippen MR) is 106 cm³/mol. The van der Waals surface area contributed by atoms with E-state index in [0.717, 1.165) is 5.96 Å². The van der Waals surface area contributed by atoms with Crippen LogP contribution in [0, 0.1) is 6.92 Å². The molecule has 2 N–H and O–H groups in total. The second-order valence-corrected chi connectivity index (χ2v) is 7.64. The number of guanidine groups is 1. The minimum atomic E-state index is 0.525. The molecule has 0 amide bonds. The molecule has 2 aliphatic rings. The van der Waals surface area contributed by atoms with E-state index in [1.807, 2.05) is 7.05 Å². The van der Waals surface area contributed by atoms with Crippen LogP contribution in [0.2, 0.25) is 0 Å². The maximum absolute atomic E-state index is 4.46. The number of likely N-dealkylation sites (tertiary alicyclic amines) is 1. The highest BCUT2D eigenvalue weighted by Gasteiger charge is 2.39. The van der Waals surface area contributed by atoms with Gasteiger partial charge in [0.2, 0.25) is 0 Å². The van der Waals surface area contributed by atoms with Crippen LogP contribution < -0.4 is 10.6 Å². The van der Waals surface area contributed by atoms with Crippen molar-refractivity contribution in [2.24, 2.45) is 4.99 Å². The Balaban J connectivity index is 1.43. The SMILES string of the molecule is CCCCN1CCC(NC(=NC)NC2CC2c2ccccc2C)CC1. The number of aryl methyl sites for hydroxylation is 1. The molecule has 0 spiro atoms. The molecule has 4 heteroatoms. The summed E-state index contributed by atoms with van der Waals surface area (Å²) < 4.78 is 0. The van der Waals surface area contributed by atoms with Gasteiger partial charge in [0.15, 0.2) is 5.96 Å². The molecule has 2 unspecified atom stereocenters. The zero-order valence-electron chi connectivity index (χ0n) is 16.1. The molecule has 0 aromatic heterocycles. The van der Waals surface area contributed by atoms with Gasteiger partial charge >= 0.3 is 0 Å². The molecular weight excluding hydrogens is 308 g/mol. The Morgan fingerprint density at radius 3 is 2.64 bits per heavy atom. The molecule has 3 rings (SSSR count). The summed E-state index contributed by atoms with van der Waals surface area (Å²) in [6.07, 6.45) is 6.26. The zero-order chi connectivity index (χ0) is 17.6. The van der Waals surface area contributed by atoms with E-state index in [1.165, 1.54) is 62.9 Å². The minimum Gasteiger partial charge on any atom is -0.354 e. The highest BCUT2D eigenvalue weighted by Crippen LogP contribution is 2.42. The van der Waals surface area contributed by atoms with Gasteiger partial charge in [0.25, 0.3) is 0 Å². The Bertz CT molecular complexity index is 575. The quantitative estimate of drug-likeness (QED) is 0.616. The molecule has 25 heavy (non-hydrogen) atoms. The van der Waals surface area contributed by atoms with Gasteiger partial charge in [-0.1, -0.05) is 37.6 Å². The fraction of sp³-hybridized carbons (Fsp3) is 0.667. The summed E-state index contributed by atoms with van der Waals surface area (Å²) in [5.41, 5.74) is 2.89. The molecule has 138 valence electrons. The Kier molecular flexibility index (Phi) is 6.35. The van der Waals surface area contributed by atoms with E-state index in [2.05, 4.69) is 58.6 Å². The van der Waals surface area contributed by atoms with Gasteiger partial charge in [-0.2, -0.15) is 0 Å². The number of hydrogen-bond acceptors (Lipinski definition) is 2. The summed E-state index contributed by atoms with van der Waals surface area (Å²) in [6.45, 7) is 8.17. The monoisotopic (exact) mass is 342 g/mol. The molecule has 1 saturated carbocycles. The predicted octanol–water partition coefficient (Wildman–Crippen LogP) is 3.28. The Labute approximate surface area is 153 Å². The first-order chi connectivity index (χ1) is 12.2. The first kappa shape index (κ1) is 18.2. The van der Waals surface area contributed by atoms with E-state index in [-0.39, 0.29) is 0 Å². The van der Waals surface area contributed by atoms with Crippen LogP contribution in [0.3, 0.4) is 0 Å². The lowest BCUT2D eigenvalue weighted by Gasteiger charge is -2.33. The molecule has 0 radical (unpaired) electrons. The summed E-state index contributed by atoms with van der Waals surface area (Å²) in [5, 5.41) is 7.29. The van der Waals surface area contributed by atoms with Crippen molar-refractivity contribution in [1.29, 1.82) is 0 Å². The number of benzene rings is 1. The van der Waals surface area contributed by atoms with Gasteiger partial charge in [0, 0.05) is 38.1 Å². The van der Waals surface area contributed by atoms with Gasteiger partial charge in [-0.3, -0.25) is 4.99 Å². The third kappa shape index (κ3) is 4.97. The van der Waals surface area contributed by atoms with E-state index >= 15 is 0 Å². The topological polar surface area (TPSA) is 39.7 Å². The number of rotatable bonds is 6. The van der Waals surface area contributed by atoms with Crippen molar-refractivity contribution in [2.75, 3.05) is 26.7 Å². The summed E-state index contributed by atoms with van der Waals surface area (Å²) in [4.78, 5) is 7.07. The normalized spacial score (nSPS) is 25.0. The van der Waals surface area contributed by atoms with Crippen LogP contribution in [0.4, 0.5) is 0 Å². The summed E-state index contributed by atoms with van der Waals surface area (Å²) in [6, 6.07) is 9.83. The van der Waals surface area contributed by atoms with Gasteiger partial charge in [-0.25, -0.2) is 0 Å². The smallest absolute Gasteiger partial charge is 0.191 e. The summed E-state index contributed by atoms with van der Waals surface area (Å²) in [5.74, 6) is 1.61. The van der Waals surface area contributed by atoms with Crippen molar-refractivity contribution in [3.8, 4) is 0 Å². The summed E-state index contributed by atoms with van der Waals surface area (Å²) in [7, 11) is 1.89. The van der Waals surface area contributed by atoms with Crippen LogP contribution in [-0.2, 0) is 0 Å². The van der Waals surface area contributed by atoms with Gasteiger partial charge in [0.05, 0.1) is 0 Å². The lowest BCUT2D eigenvalue weighted by molar-refractivity contribution is 0.203. The molecule has 1 aromatic carbocycles. The first-order valence-electron chi connectivity index (χ1n) is 9.99. The molecule has 2 fully saturated rings. The molecule has 1 heterocycles. The number of hydrogen-bond donors (Lipinski definition) is 2. The third-order valence-electron chi connectivity index (χ3n) is 5.68. The number of aliphatic imine (C=N–C) groups is 1. The van der Waals surface area contributed by atoms with E-state index in [1.54, 1.807) is 0 Å². The fourth-order valence-electron chi connectivity index (χ4n) is 3.92. The minimum absolute atomic E-state index is 0.525. The van der Waals surface area contributed by atoms with Crippen LogP contribution in [0.15, 0.2) is 29.3 Å².